The SMILES string of the molecule is [B]c1ccnc(C(C)(C)C(F)(F)F)c1. The maximum atomic E-state index is 12.6. The van der Waals surface area contributed by atoms with E-state index in [-0.39, 0.29) is 11.2 Å². The molecule has 0 amide bonds. The lowest BCUT2D eigenvalue weighted by Gasteiger charge is -2.27. The number of rotatable bonds is 1. The molecule has 2 radical (unpaired) electrons. The van der Waals surface area contributed by atoms with Gasteiger partial charge in [-0.15, -0.1) is 0 Å². The van der Waals surface area contributed by atoms with Crippen molar-refractivity contribution in [2.75, 3.05) is 0 Å². The molecule has 0 aliphatic heterocycles. The van der Waals surface area contributed by atoms with E-state index in [0.717, 1.165) is 13.8 Å². The third-order valence-corrected chi connectivity index (χ3v) is 2.13. The predicted octanol–water partition coefficient (Wildman–Crippen LogP) is 1.72. The van der Waals surface area contributed by atoms with Gasteiger partial charge in [0.05, 0.1) is 5.69 Å². The molecule has 0 aliphatic carbocycles. The number of halogens is 3. The van der Waals surface area contributed by atoms with Crippen LogP contribution < -0.4 is 5.46 Å². The minimum atomic E-state index is -4.33. The van der Waals surface area contributed by atoms with Crippen LogP contribution in [0.5, 0.6) is 0 Å². The lowest BCUT2D eigenvalue weighted by atomic mass is 9.85. The van der Waals surface area contributed by atoms with Crippen molar-refractivity contribution in [1.29, 1.82) is 0 Å². The summed E-state index contributed by atoms with van der Waals surface area (Å²) in [5.41, 5.74) is -1.75. The highest BCUT2D eigenvalue weighted by Crippen LogP contribution is 2.38. The normalized spacial score (nSPS) is 12.9. The van der Waals surface area contributed by atoms with E-state index in [0.29, 0.717) is 0 Å². The fraction of sp³-hybridized carbons (Fsp3) is 0.444. The van der Waals surface area contributed by atoms with Crippen LogP contribution in [0.4, 0.5) is 13.2 Å². The molecule has 0 spiro atoms. The van der Waals surface area contributed by atoms with E-state index in [1.54, 1.807) is 0 Å². The number of pyridine rings is 1. The maximum Gasteiger partial charge on any atom is 0.399 e. The third kappa shape index (κ3) is 1.91. The van der Waals surface area contributed by atoms with Crippen molar-refractivity contribution in [1.82, 2.24) is 4.98 Å². The Morgan fingerprint density at radius 1 is 1.29 bits per heavy atom. The van der Waals surface area contributed by atoms with Crippen LogP contribution in [-0.2, 0) is 5.41 Å². The van der Waals surface area contributed by atoms with Gasteiger partial charge in [-0.2, -0.15) is 13.2 Å². The third-order valence-electron chi connectivity index (χ3n) is 2.13. The van der Waals surface area contributed by atoms with Gasteiger partial charge in [0.25, 0.3) is 0 Å². The number of hydrogen-bond donors (Lipinski definition) is 0. The number of nitrogens with zero attached hydrogens (tertiary/aromatic N) is 1. The van der Waals surface area contributed by atoms with Crippen molar-refractivity contribution in [3.8, 4) is 0 Å². The van der Waals surface area contributed by atoms with Crippen molar-refractivity contribution >= 4 is 13.3 Å². The van der Waals surface area contributed by atoms with Gasteiger partial charge < -0.3 is 0 Å². The van der Waals surface area contributed by atoms with Crippen molar-refractivity contribution in [2.45, 2.75) is 25.4 Å². The van der Waals surface area contributed by atoms with E-state index >= 15 is 0 Å². The van der Waals surface area contributed by atoms with Gasteiger partial charge in [-0.25, -0.2) is 0 Å². The molecule has 1 heterocycles. The first-order chi connectivity index (χ1) is 6.25. The summed E-state index contributed by atoms with van der Waals surface area (Å²) in [7, 11) is 5.39. The second-order valence-electron chi connectivity index (χ2n) is 3.60. The molecule has 0 bridgehead atoms. The molecule has 0 aliphatic rings. The van der Waals surface area contributed by atoms with E-state index in [1.807, 2.05) is 0 Å². The molecule has 0 saturated carbocycles. The molecular formula is C9H9BF3N. The molecular weight excluding hydrogens is 190 g/mol. The van der Waals surface area contributed by atoms with Crippen LogP contribution in [0.1, 0.15) is 19.5 Å². The standard InChI is InChI=1S/C9H9BF3N/c1-8(2,9(11,12)13)7-5-6(10)3-4-14-7/h3-5H,1-2H3. The monoisotopic (exact) mass is 199 g/mol. The van der Waals surface area contributed by atoms with Gasteiger partial charge in [-0.05, 0) is 19.9 Å². The summed E-state index contributed by atoms with van der Waals surface area (Å²) in [5, 5.41) is 0. The van der Waals surface area contributed by atoms with E-state index in [1.165, 1.54) is 18.3 Å². The van der Waals surface area contributed by atoms with Gasteiger partial charge in [0.15, 0.2) is 0 Å². The molecule has 1 nitrogen and oxygen atoms in total. The minimum Gasteiger partial charge on any atom is -0.260 e. The Kier molecular flexibility index (Phi) is 2.61. The van der Waals surface area contributed by atoms with E-state index in [9.17, 15) is 13.2 Å². The van der Waals surface area contributed by atoms with Crippen LogP contribution in [0.3, 0.4) is 0 Å². The highest BCUT2D eigenvalue weighted by atomic mass is 19.4. The number of hydrogen-bond acceptors (Lipinski definition) is 1. The summed E-state index contributed by atoms with van der Waals surface area (Å²) < 4.78 is 37.7. The molecule has 1 aromatic rings. The van der Waals surface area contributed by atoms with Gasteiger partial charge in [-0.3, -0.25) is 4.98 Å². The highest BCUT2D eigenvalue weighted by molar-refractivity contribution is 6.32. The zero-order valence-electron chi connectivity index (χ0n) is 7.89. The molecule has 0 saturated heterocycles. The average Bonchev–Trinajstić information content (AvgIpc) is 2.02. The summed E-state index contributed by atoms with van der Waals surface area (Å²) in [6.07, 6.45) is -3.05. The molecule has 0 atom stereocenters. The molecule has 1 rings (SSSR count). The van der Waals surface area contributed by atoms with Crippen LogP contribution in [0.15, 0.2) is 18.3 Å². The summed E-state index contributed by atoms with van der Waals surface area (Å²) in [4.78, 5) is 3.68. The van der Waals surface area contributed by atoms with Crippen molar-refractivity contribution in [3.05, 3.63) is 24.0 Å². The van der Waals surface area contributed by atoms with E-state index < -0.39 is 11.6 Å². The van der Waals surface area contributed by atoms with Gasteiger partial charge in [0.1, 0.15) is 13.3 Å². The second-order valence-corrected chi connectivity index (χ2v) is 3.60. The molecule has 1 aromatic heterocycles. The zero-order valence-corrected chi connectivity index (χ0v) is 7.89. The smallest absolute Gasteiger partial charge is 0.260 e. The zero-order chi connectivity index (χ0) is 11.0. The van der Waals surface area contributed by atoms with E-state index in [4.69, 9.17) is 7.85 Å². The van der Waals surface area contributed by atoms with E-state index in [2.05, 4.69) is 4.98 Å². The van der Waals surface area contributed by atoms with Crippen LogP contribution in [0.2, 0.25) is 0 Å². The fourth-order valence-electron chi connectivity index (χ4n) is 0.934. The fourth-order valence-corrected chi connectivity index (χ4v) is 0.934. The number of alkyl halides is 3. The molecule has 0 N–H and O–H groups in total. The molecule has 74 valence electrons. The van der Waals surface area contributed by atoms with Crippen molar-refractivity contribution < 1.29 is 13.2 Å². The van der Waals surface area contributed by atoms with Crippen LogP contribution in [-0.4, -0.2) is 19.0 Å². The summed E-state index contributed by atoms with van der Waals surface area (Å²) in [5.74, 6) is 0. The minimum absolute atomic E-state index is 0.0648. The highest BCUT2D eigenvalue weighted by Gasteiger charge is 2.49. The van der Waals surface area contributed by atoms with Gasteiger partial charge >= 0.3 is 6.18 Å². The van der Waals surface area contributed by atoms with Crippen LogP contribution in [0, 0.1) is 0 Å². The summed E-state index contributed by atoms with van der Waals surface area (Å²) >= 11 is 0. The first-order valence-corrected chi connectivity index (χ1v) is 4.04. The van der Waals surface area contributed by atoms with Gasteiger partial charge in [0, 0.05) is 6.20 Å². The largest absolute Gasteiger partial charge is 0.399 e. The summed E-state index contributed by atoms with van der Waals surface area (Å²) in [6, 6.07) is 2.70. The van der Waals surface area contributed by atoms with Crippen LogP contribution >= 0.6 is 0 Å². The first kappa shape index (κ1) is 11.1. The van der Waals surface area contributed by atoms with Crippen molar-refractivity contribution in [2.24, 2.45) is 0 Å². The molecule has 0 aromatic carbocycles. The lowest BCUT2D eigenvalue weighted by Crippen LogP contribution is -2.37. The topological polar surface area (TPSA) is 12.9 Å². The van der Waals surface area contributed by atoms with Gasteiger partial charge in [0.2, 0.25) is 0 Å². The average molecular weight is 199 g/mol. The van der Waals surface area contributed by atoms with Gasteiger partial charge in [-0.1, -0.05) is 11.5 Å². The Balaban J connectivity index is 3.16. The predicted molar refractivity (Wildman–Crippen MR) is 48.7 cm³/mol. The Hall–Kier alpha value is -0.995. The Morgan fingerprint density at radius 2 is 1.86 bits per heavy atom. The first-order valence-electron chi connectivity index (χ1n) is 4.04. The Labute approximate surface area is 81.8 Å². The lowest BCUT2D eigenvalue weighted by molar-refractivity contribution is -0.181. The Morgan fingerprint density at radius 3 is 2.29 bits per heavy atom. The maximum absolute atomic E-state index is 12.6. The van der Waals surface area contributed by atoms with Crippen LogP contribution in [0.25, 0.3) is 0 Å². The second kappa shape index (κ2) is 3.30. The van der Waals surface area contributed by atoms with Crippen molar-refractivity contribution in [3.63, 3.8) is 0 Å². The Bertz CT molecular complexity index is 333. The molecule has 5 heteroatoms. The molecule has 14 heavy (non-hydrogen) atoms. The number of aromatic nitrogens is 1. The molecule has 0 unspecified atom stereocenters. The molecule has 0 fully saturated rings. The summed E-state index contributed by atoms with van der Waals surface area (Å²) in [6.45, 7) is 2.16. The quantitative estimate of drug-likeness (QED) is 0.627.